The number of aliphatic hydroxyl groups is 1. The monoisotopic (exact) mass is 493 g/mol. The molecule has 4 aliphatic heterocycles. The number of carbonyl (C=O) groups is 3. The van der Waals surface area contributed by atoms with Crippen LogP contribution in [-0.4, -0.2) is 82.7 Å². The minimum absolute atomic E-state index is 0.181. The molecule has 1 spiro atoms. The molecule has 0 aliphatic carbocycles. The molecule has 2 fully saturated rings. The second-order valence-corrected chi connectivity index (χ2v) is 10.2. The number of carbonyl (C=O) groups excluding carboxylic acids is 3. The van der Waals surface area contributed by atoms with Gasteiger partial charge in [-0.1, -0.05) is 62.3 Å². The lowest BCUT2D eigenvalue weighted by Crippen LogP contribution is -2.57. The number of rotatable bonds is 7. The van der Waals surface area contributed by atoms with Gasteiger partial charge in [-0.25, -0.2) is 0 Å². The molecule has 6 atom stereocenters. The molecule has 3 amide bonds. The zero-order valence-corrected chi connectivity index (χ0v) is 21.0. The SMILES string of the molecule is CCCCCN1CC=C[C@]23O[C@H]4C=CCN(c5ccccc5)C(=O)[C@H]4[C@H]2C(=O)N([C@H](C)CO)C3C1=O. The highest BCUT2D eigenvalue weighted by Crippen LogP contribution is 2.54. The summed E-state index contributed by atoms with van der Waals surface area (Å²) in [6.07, 6.45) is 9.84. The van der Waals surface area contributed by atoms with Crippen LogP contribution in [0.15, 0.2) is 54.6 Å². The van der Waals surface area contributed by atoms with Crippen molar-refractivity contribution in [1.29, 1.82) is 0 Å². The first-order valence-corrected chi connectivity index (χ1v) is 13.0. The van der Waals surface area contributed by atoms with Gasteiger partial charge in [0.05, 0.1) is 30.6 Å². The third-order valence-corrected chi connectivity index (χ3v) is 8.02. The van der Waals surface area contributed by atoms with Crippen molar-refractivity contribution in [3.05, 3.63) is 54.6 Å². The van der Waals surface area contributed by atoms with E-state index in [0.717, 1.165) is 24.9 Å². The Hall–Kier alpha value is -2.97. The van der Waals surface area contributed by atoms with Gasteiger partial charge in [0, 0.05) is 25.3 Å². The predicted octanol–water partition coefficient (Wildman–Crippen LogP) is 2.14. The number of hydrogen-bond donors (Lipinski definition) is 1. The molecule has 4 aliphatic rings. The number of ether oxygens (including phenoxy) is 1. The average Bonchev–Trinajstić information content (AvgIpc) is 3.21. The smallest absolute Gasteiger partial charge is 0.249 e. The van der Waals surface area contributed by atoms with E-state index < -0.39 is 35.6 Å². The number of anilines is 1. The highest BCUT2D eigenvalue weighted by molar-refractivity contribution is 6.03. The van der Waals surface area contributed by atoms with Crippen LogP contribution in [0.25, 0.3) is 0 Å². The second-order valence-electron chi connectivity index (χ2n) is 10.2. The summed E-state index contributed by atoms with van der Waals surface area (Å²) in [5.41, 5.74) is -0.502. The number of benzene rings is 1. The van der Waals surface area contributed by atoms with E-state index in [1.807, 2.05) is 54.6 Å². The standard InChI is InChI=1S/C28H35N3O5/c1-3-4-8-15-29-16-10-14-28-23(26(34)31(19(2)18-32)24(28)27(29)35)22-21(36-28)13-9-17-30(25(22)33)20-11-6-5-7-12-20/h5-7,9-14,19,21-24,32H,3-4,8,15-18H2,1-2H3/t19-,21+,22-,23+,24?,28+/m1/s1. The molecule has 8 nitrogen and oxygen atoms in total. The molecular weight excluding hydrogens is 458 g/mol. The molecule has 36 heavy (non-hydrogen) atoms. The number of para-hydroxylation sites is 1. The van der Waals surface area contributed by atoms with Crippen LogP contribution in [0.3, 0.4) is 0 Å². The molecule has 1 unspecified atom stereocenters. The van der Waals surface area contributed by atoms with E-state index in [1.165, 1.54) is 4.90 Å². The molecule has 0 aromatic heterocycles. The minimum atomic E-state index is -1.26. The fourth-order valence-electron chi connectivity index (χ4n) is 6.28. The summed E-state index contributed by atoms with van der Waals surface area (Å²) in [5.74, 6) is -2.29. The number of likely N-dealkylation sites (tertiary alicyclic amines) is 1. The van der Waals surface area contributed by atoms with Gasteiger partial charge in [-0.15, -0.1) is 0 Å². The van der Waals surface area contributed by atoms with Crippen LogP contribution in [0.4, 0.5) is 5.69 Å². The minimum Gasteiger partial charge on any atom is -0.394 e. The predicted molar refractivity (Wildman–Crippen MR) is 135 cm³/mol. The molecule has 4 heterocycles. The van der Waals surface area contributed by atoms with Crippen LogP contribution in [0.1, 0.15) is 33.1 Å². The Morgan fingerprint density at radius 3 is 2.56 bits per heavy atom. The molecule has 1 aromatic rings. The maximum absolute atomic E-state index is 14.1. The van der Waals surface area contributed by atoms with Crippen molar-refractivity contribution in [1.82, 2.24) is 9.80 Å². The Morgan fingerprint density at radius 1 is 1.06 bits per heavy atom. The Balaban J connectivity index is 1.56. The molecule has 2 saturated heterocycles. The van der Waals surface area contributed by atoms with E-state index in [0.29, 0.717) is 19.6 Å². The number of unbranched alkanes of at least 4 members (excludes halogenated alkanes) is 2. The Morgan fingerprint density at radius 2 is 1.83 bits per heavy atom. The van der Waals surface area contributed by atoms with Gasteiger partial charge in [0.2, 0.25) is 17.7 Å². The lowest BCUT2D eigenvalue weighted by Gasteiger charge is -2.37. The van der Waals surface area contributed by atoms with E-state index in [4.69, 9.17) is 4.74 Å². The molecule has 1 N–H and O–H groups in total. The first-order chi connectivity index (χ1) is 17.4. The Bertz CT molecular complexity index is 1070. The number of fused-ring (bicyclic) bond motifs is 2. The Kier molecular flexibility index (Phi) is 6.74. The summed E-state index contributed by atoms with van der Waals surface area (Å²) in [6.45, 7) is 4.98. The van der Waals surface area contributed by atoms with Crippen molar-refractivity contribution < 1.29 is 24.2 Å². The zero-order valence-electron chi connectivity index (χ0n) is 21.0. The van der Waals surface area contributed by atoms with Crippen molar-refractivity contribution >= 4 is 23.4 Å². The van der Waals surface area contributed by atoms with Crippen LogP contribution in [-0.2, 0) is 19.1 Å². The van der Waals surface area contributed by atoms with Gasteiger partial charge in [-0.05, 0) is 25.5 Å². The molecule has 1 aromatic carbocycles. The molecule has 0 bridgehead atoms. The average molecular weight is 494 g/mol. The van der Waals surface area contributed by atoms with Crippen LogP contribution >= 0.6 is 0 Å². The van der Waals surface area contributed by atoms with Gasteiger partial charge in [0.25, 0.3) is 0 Å². The number of hydrogen-bond acceptors (Lipinski definition) is 5. The highest BCUT2D eigenvalue weighted by atomic mass is 16.5. The maximum Gasteiger partial charge on any atom is 0.249 e. The van der Waals surface area contributed by atoms with E-state index in [-0.39, 0.29) is 24.3 Å². The van der Waals surface area contributed by atoms with Crippen LogP contribution < -0.4 is 4.90 Å². The highest BCUT2D eigenvalue weighted by Gasteiger charge is 2.72. The molecular formula is C28H35N3O5. The van der Waals surface area contributed by atoms with Gasteiger partial charge < -0.3 is 24.5 Å². The van der Waals surface area contributed by atoms with Crippen LogP contribution in [0, 0.1) is 11.8 Å². The topological polar surface area (TPSA) is 90.4 Å². The summed E-state index contributed by atoms with van der Waals surface area (Å²) >= 11 is 0. The summed E-state index contributed by atoms with van der Waals surface area (Å²) in [6, 6.07) is 7.90. The van der Waals surface area contributed by atoms with E-state index in [9.17, 15) is 19.5 Å². The molecule has 8 heteroatoms. The van der Waals surface area contributed by atoms with Crippen molar-refractivity contribution in [3.8, 4) is 0 Å². The van der Waals surface area contributed by atoms with E-state index >= 15 is 0 Å². The van der Waals surface area contributed by atoms with E-state index in [1.54, 1.807) is 16.7 Å². The molecule has 5 rings (SSSR count). The van der Waals surface area contributed by atoms with Crippen molar-refractivity contribution in [2.24, 2.45) is 11.8 Å². The largest absolute Gasteiger partial charge is 0.394 e. The fourth-order valence-corrected chi connectivity index (χ4v) is 6.28. The zero-order chi connectivity index (χ0) is 25.4. The number of nitrogens with zero attached hydrogens (tertiary/aromatic N) is 3. The quantitative estimate of drug-likeness (QED) is 0.464. The van der Waals surface area contributed by atoms with Gasteiger partial charge >= 0.3 is 0 Å². The van der Waals surface area contributed by atoms with Gasteiger partial charge in [0.15, 0.2) is 0 Å². The van der Waals surface area contributed by atoms with Gasteiger partial charge in [-0.2, -0.15) is 0 Å². The van der Waals surface area contributed by atoms with Crippen molar-refractivity contribution in [2.45, 2.75) is 56.9 Å². The van der Waals surface area contributed by atoms with Crippen LogP contribution in [0.5, 0.6) is 0 Å². The van der Waals surface area contributed by atoms with Crippen molar-refractivity contribution in [3.63, 3.8) is 0 Å². The molecule has 0 radical (unpaired) electrons. The third-order valence-electron chi connectivity index (χ3n) is 8.02. The maximum atomic E-state index is 14.1. The van der Waals surface area contributed by atoms with Gasteiger partial charge in [-0.3, -0.25) is 14.4 Å². The lowest BCUT2D eigenvalue weighted by molar-refractivity contribution is -0.149. The van der Waals surface area contributed by atoms with Crippen molar-refractivity contribution in [2.75, 3.05) is 31.1 Å². The van der Waals surface area contributed by atoms with Gasteiger partial charge in [0.1, 0.15) is 11.6 Å². The summed E-state index contributed by atoms with van der Waals surface area (Å²) < 4.78 is 6.62. The number of amides is 3. The summed E-state index contributed by atoms with van der Waals surface area (Å²) in [7, 11) is 0. The normalized spacial score (nSPS) is 32.3. The number of aliphatic hydroxyl groups excluding tert-OH is 1. The summed E-state index contributed by atoms with van der Waals surface area (Å²) in [5, 5.41) is 10.0. The molecule has 192 valence electrons. The first-order valence-electron chi connectivity index (χ1n) is 13.0. The third kappa shape index (κ3) is 3.78. The molecule has 0 saturated carbocycles. The lowest BCUT2D eigenvalue weighted by atomic mass is 9.77. The van der Waals surface area contributed by atoms with Crippen LogP contribution in [0.2, 0.25) is 0 Å². The second kappa shape index (κ2) is 9.82. The first kappa shape index (κ1) is 24.7. The fraction of sp³-hybridized carbons (Fsp3) is 0.536. The Labute approximate surface area is 212 Å². The summed E-state index contributed by atoms with van der Waals surface area (Å²) in [4.78, 5) is 47.0. The van der Waals surface area contributed by atoms with E-state index in [2.05, 4.69) is 6.92 Å².